The van der Waals surface area contributed by atoms with Gasteiger partial charge in [-0.05, 0) is 156 Å². The lowest BCUT2D eigenvalue weighted by atomic mass is 10.0. The molecule has 17 aromatic carbocycles. The highest BCUT2D eigenvalue weighted by atomic mass is 32.1. The number of para-hydroxylation sites is 7. The third-order valence-electron chi connectivity index (χ3n) is 20.2. The van der Waals surface area contributed by atoms with Crippen LogP contribution in [0.3, 0.4) is 0 Å². The van der Waals surface area contributed by atoms with Gasteiger partial charge in [0.1, 0.15) is 5.58 Å². The Labute approximate surface area is 612 Å². The van der Waals surface area contributed by atoms with E-state index < -0.39 is 0 Å². The van der Waals surface area contributed by atoms with Gasteiger partial charge in [-0.15, -0.1) is 34.0 Å². The van der Waals surface area contributed by atoms with Crippen molar-refractivity contribution in [3.63, 3.8) is 0 Å². The maximum absolute atomic E-state index is 6.63. The Morgan fingerprint density at radius 1 is 0.183 bits per heavy atom. The van der Waals surface area contributed by atoms with Crippen molar-refractivity contribution in [3.8, 4) is 0 Å². The van der Waals surface area contributed by atoms with Gasteiger partial charge in [0.05, 0.1) is 17.1 Å². The highest BCUT2D eigenvalue weighted by Crippen LogP contribution is 2.51. The summed E-state index contributed by atoms with van der Waals surface area (Å²) in [6.07, 6.45) is 0. The van der Waals surface area contributed by atoms with E-state index in [4.69, 9.17) is 4.42 Å². The number of fused-ring (bicyclic) bond motifs is 17. The summed E-state index contributed by atoms with van der Waals surface area (Å²) in [6, 6.07) is 136. The molecule has 5 nitrogen and oxygen atoms in total. The largest absolute Gasteiger partial charge is 0.454 e. The molecule has 104 heavy (non-hydrogen) atoms. The summed E-state index contributed by atoms with van der Waals surface area (Å²) in [5, 5.41) is 17.3. The highest BCUT2D eigenvalue weighted by Gasteiger charge is 2.25. The van der Waals surface area contributed by atoms with Crippen molar-refractivity contribution in [2.24, 2.45) is 0 Å². The van der Waals surface area contributed by atoms with Crippen LogP contribution in [0.2, 0.25) is 0 Å². The van der Waals surface area contributed by atoms with Crippen LogP contribution in [0.4, 0.5) is 68.2 Å². The van der Waals surface area contributed by atoms with Crippen molar-refractivity contribution in [3.05, 3.63) is 376 Å². The lowest BCUT2D eigenvalue weighted by molar-refractivity contribution is 0.669. The molecule has 0 saturated carbocycles. The zero-order valence-corrected chi connectivity index (χ0v) is 58.7. The summed E-state index contributed by atoms with van der Waals surface area (Å²) in [7, 11) is 0. The van der Waals surface area contributed by atoms with E-state index in [0.717, 1.165) is 84.5 Å². The molecule has 0 atom stereocenters. The Hall–Kier alpha value is -12.8. The Balaban J connectivity index is 0.000000139. The van der Waals surface area contributed by atoms with Crippen molar-refractivity contribution in [1.29, 1.82) is 0 Å². The summed E-state index contributed by atoms with van der Waals surface area (Å²) in [5.41, 5.74) is 15.3. The number of furan rings is 1. The van der Waals surface area contributed by atoms with Crippen molar-refractivity contribution in [2.75, 3.05) is 19.6 Å². The molecule has 0 saturated heterocycles. The standard InChI is InChI=1S/C50H32N2OS.C46H30N2S2/c1-3-15-35(16-4-1)51(36-17-5-2-6-18-36)45-22-12-21-43-39(45)29-30-44-41-28-27-38(32-48(41)54-50(43)44)52(37-26-25-33-13-7-8-14-34(33)31-37)46-23-11-20-42-40-19-9-10-24-47(40)53-49(42)46;1-4-14-31(15-5-1)47(34-25-27-44-40(28-34)37-21-12-13-23-43(37)49-44)35-24-26-38-41-30-42(36-20-10-11-22-39(36)46(41)50-45(38)29-35)48(32-16-6-2-7-17-32)33-18-8-3-9-19-33/h1-32H;1-30H. The lowest BCUT2D eigenvalue weighted by Crippen LogP contribution is -2.10. The molecular formula is C96H62N4OS3. The first-order chi connectivity index (χ1) is 51.6. The van der Waals surface area contributed by atoms with Gasteiger partial charge in [-0.2, -0.15) is 0 Å². The van der Waals surface area contributed by atoms with Crippen LogP contribution in [0.15, 0.2) is 381 Å². The molecule has 0 N–H and O–H groups in total. The molecule has 0 radical (unpaired) electrons. The number of nitrogens with zero attached hydrogens (tertiary/aromatic N) is 4. The molecule has 0 bridgehead atoms. The zero-order chi connectivity index (χ0) is 68.6. The summed E-state index contributed by atoms with van der Waals surface area (Å²) >= 11 is 5.61. The molecular weight excluding hydrogens is 1320 g/mol. The van der Waals surface area contributed by atoms with Gasteiger partial charge in [-0.25, -0.2) is 0 Å². The van der Waals surface area contributed by atoms with Crippen molar-refractivity contribution in [2.45, 2.75) is 0 Å². The zero-order valence-electron chi connectivity index (χ0n) is 56.2. The average Bonchev–Trinajstić information content (AvgIpc) is 1.53. The van der Waals surface area contributed by atoms with Gasteiger partial charge in [-0.3, -0.25) is 0 Å². The molecule has 0 aliphatic heterocycles. The number of hydrogen-bond donors (Lipinski definition) is 0. The SMILES string of the molecule is c1ccc(N(c2ccc3c(c2)sc2c4ccccc4c(N(c4ccccc4)c4ccccc4)cc32)c2ccc3sc4ccccc4c3c2)cc1.c1ccc(N(c2ccccc2)c2cccc3c2ccc2c4ccc(N(c5ccc6ccccc6c5)c5cccc6c5oc5ccccc56)cc4sc32)cc1. The van der Waals surface area contributed by atoms with Crippen LogP contribution in [0, 0.1) is 0 Å². The number of thiophene rings is 3. The third-order valence-corrected chi connectivity index (χ3v) is 23.8. The molecule has 4 heterocycles. The van der Waals surface area contributed by atoms with E-state index in [1.54, 1.807) is 0 Å². The summed E-state index contributed by atoms with van der Waals surface area (Å²) < 4.78 is 14.4. The Morgan fingerprint density at radius 3 is 1.23 bits per heavy atom. The van der Waals surface area contributed by atoms with E-state index >= 15 is 0 Å². The second-order valence-electron chi connectivity index (χ2n) is 26.3. The van der Waals surface area contributed by atoms with Gasteiger partial charge in [0.15, 0.2) is 5.58 Å². The predicted molar refractivity (Wildman–Crippen MR) is 450 cm³/mol. The second-order valence-corrected chi connectivity index (χ2v) is 29.5. The van der Waals surface area contributed by atoms with Crippen LogP contribution < -0.4 is 19.6 Å². The molecule has 0 aliphatic carbocycles. The van der Waals surface area contributed by atoms with Crippen LogP contribution in [0.25, 0.3) is 115 Å². The fourth-order valence-electron chi connectivity index (χ4n) is 15.5. The van der Waals surface area contributed by atoms with Gasteiger partial charge in [0.25, 0.3) is 0 Å². The first-order valence-corrected chi connectivity index (χ1v) is 37.6. The molecule has 490 valence electrons. The summed E-state index contributed by atoms with van der Waals surface area (Å²) in [4.78, 5) is 9.50. The molecule has 0 amide bonds. The first-order valence-electron chi connectivity index (χ1n) is 35.1. The maximum atomic E-state index is 6.63. The highest BCUT2D eigenvalue weighted by molar-refractivity contribution is 7.27. The number of hydrogen-bond acceptors (Lipinski definition) is 8. The van der Waals surface area contributed by atoms with E-state index in [0.29, 0.717) is 0 Å². The van der Waals surface area contributed by atoms with Crippen LogP contribution in [-0.2, 0) is 0 Å². The van der Waals surface area contributed by atoms with E-state index in [2.05, 4.69) is 390 Å². The van der Waals surface area contributed by atoms with Gasteiger partial charge < -0.3 is 24.0 Å². The molecule has 0 aliphatic rings. The van der Waals surface area contributed by atoms with Crippen LogP contribution in [-0.4, -0.2) is 0 Å². The molecule has 0 unspecified atom stereocenters. The van der Waals surface area contributed by atoms with Gasteiger partial charge in [0.2, 0.25) is 0 Å². The minimum absolute atomic E-state index is 0.878. The fraction of sp³-hybridized carbons (Fsp3) is 0. The Morgan fingerprint density at radius 2 is 0.577 bits per heavy atom. The molecule has 0 fully saturated rings. The average molecular weight is 1380 g/mol. The lowest BCUT2D eigenvalue weighted by Gasteiger charge is -2.27. The number of rotatable bonds is 12. The van der Waals surface area contributed by atoms with Crippen LogP contribution in [0.1, 0.15) is 0 Å². The number of anilines is 12. The summed E-state index contributed by atoms with van der Waals surface area (Å²) in [6.45, 7) is 0. The number of benzene rings is 17. The smallest absolute Gasteiger partial charge is 0.159 e. The minimum Gasteiger partial charge on any atom is -0.454 e. The predicted octanol–water partition coefficient (Wildman–Crippen LogP) is 29.7. The first kappa shape index (κ1) is 61.1. The normalized spacial score (nSPS) is 11.7. The monoisotopic (exact) mass is 1380 g/mol. The van der Waals surface area contributed by atoms with Crippen molar-refractivity contribution >= 4 is 217 Å². The van der Waals surface area contributed by atoms with E-state index in [1.165, 1.54) is 98.5 Å². The Bertz CT molecular complexity index is 6750. The van der Waals surface area contributed by atoms with E-state index in [9.17, 15) is 0 Å². The van der Waals surface area contributed by atoms with Crippen molar-refractivity contribution in [1.82, 2.24) is 0 Å². The van der Waals surface area contributed by atoms with Crippen LogP contribution in [0.5, 0.6) is 0 Å². The third kappa shape index (κ3) is 10.6. The van der Waals surface area contributed by atoms with Crippen molar-refractivity contribution < 1.29 is 4.42 Å². The van der Waals surface area contributed by atoms with Gasteiger partial charge >= 0.3 is 0 Å². The fourth-order valence-corrected chi connectivity index (χ4v) is 19.1. The molecule has 8 heteroatoms. The van der Waals surface area contributed by atoms with E-state index in [-0.39, 0.29) is 0 Å². The molecule has 4 aromatic heterocycles. The molecule has 0 spiro atoms. The molecule has 21 rings (SSSR count). The second kappa shape index (κ2) is 25.7. The maximum Gasteiger partial charge on any atom is 0.159 e. The Kier molecular flexibility index (Phi) is 15.1. The summed E-state index contributed by atoms with van der Waals surface area (Å²) in [5.74, 6) is 0. The van der Waals surface area contributed by atoms with E-state index in [1.807, 2.05) is 40.1 Å². The van der Waals surface area contributed by atoms with Gasteiger partial charge in [0, 0.05) is 144 Å². The quantitative estimate of drug-likeness (QED) is 0.121. The van der Waals surface area contributed by atoms with Gasteiger partial charge in [-0.1, -0.05) is 231 Å². The topological polar surface area (TPSA) is 26.1 Å². The minimum atomic E-state index is 0.878. The van der Waals surface area contributed by atoms with Crippen LogP contribution >= 0.6 is 34.0 Å². The molecule has 21 aromatic rings.